The van der Waals surface area contributed by atoms with Gasteiger partial charge in [0.25, 0.3) is 0 Å². The van der Waals surface area contributed by atoms with Crippen molar-refractivity contribution in [3.8, 4) is 5.75 Å². The van der Waals surface area contributed by atoms with Gasteiger partial charge in [0.2, 0.25) is 0 Å². The van der Waals surface area contributed by atoms with Crippen molar-refractivity contribution in [2.75, 3.05) is 13.7 Å². The molecule has 0 spiro atoms. The van der Waals surface area contributed by atoms with Gasteiger partial charge in [-0.25, -0.2) is 0 Å². The van der Waals surface area contributed by atoms with Crippen molar-refractivity contribution in [1.82, 2.24) is 5.32 Å². The molecule has 1 aliphatic rings. The summed E-state index contributed by atoms with van der Waals surface area (Å²) in [4.78, 5) is 13.0. The van der Waals surface area contributed by atoms with Crippen LogP contribution in [0.3, 0.4) is 0 Å². The van der Waals surface area contributed by atoms with Gasteiger partial charge in [0.15, 0.2) is 5.78 Å². The Balaban J connectivity index is 2.21. The number of benzene rings is 2. The first-order valence-corrected chi connectivity index (χ1v) is 7.14. The van der Waals surface area contributed by atoms with Gasteiger partial charge in [-0.2, -0.15) is 0 Å². The second kappa shape index (κ2) is 5.90. The third-order valence-electron chi connectivity index (χ3n) is 3.68. The highest BCUT2D eigenvalue weighted by Crippen LogP contribution is 2.31. The summed E-state index contributed by atoms with van der Waals surface area (Å²) < 4.78 is 5.71. The molecule has 0 atom stereocenters. The van der Waals surface area contributed by atoms with Gasteiger partial charge in [-0.15, -0.1) is 0 Å². The van der Waals surface area contributed by atoms with Gasteiger partial charge in [-0.3, -0.25) is 4.79 Å². The number of hydrogen-bond acceptors (Lipinski definition) is 3. The first-order chi connectivity index (χ1) is 10.7. The SMILES string of the molecule is C=C1COc2ccccc2C(=O)/C1=C(\NC)c1ccccc1. The summed E-state index contributed by atoms with van der Waals surface area (Å²) in [6.07, 6.45) is 0. The molecular formula is C19H17NO2. The zero-order valence-corrected chi connectivity index (χ0v) is 12.4. The Hall–Kier alpha value is -2.81. The molecular weight excluding hydrogens is 274 g/mol. The number of hydrogen-bond donors (Lipinski definition) is 1. The largest absolute Gasteiger partial charge is 0.488 e. The van der Waals surface area contributed by atoms with E-state index >= 15 is 0 Å². The van der Waals surface area contributed by atoms with E-state index in [2.05, 4.69) is 11.9 Å². The van der Waals surface area contributed by atoms with Crippen molar-refractivity contribution in [3.63, 3.8) is 0 Å². The molecule has 0 aromatic heterocycles. The molecule has 3 rings (SSSR count). The predicted octanol–water partition coefficient (Wildman–Crippen LogP) is 3.45. The Bertz CT molecular complexity index is 760. The van der Waals surface area contributed by atoms with E-state index in [1.165, 1.54) is 0 Å². The van der Waals surface area contributed by atoms with E-state index < -0.39 is 0 Å². The van der Waals surface area contributed by atoms with Gasteiger partial charge < -0.3 is 10.1 Å². The first kappa shape index (κ1) is 14.1. The quantitative estimate of drug-likeness (QED) is 0.861. The Morgan fingerprint density at radius 3 is 2.50 bits per heavy atom. The Morgan fingerprint density at radius 2 is 1.77 bits per heavy atom. The van der Waals surface area contributed by atoms with Crippen LogP contribution in [0, 0.1) is 0 Å². The monoisotopic (exact) mass is 291 g/mol. The number of fused-ring (bicyclic) bond motifs is 1. The zero-order valence-electron chi connectivity index (χ0n) is 12.4. The van der Waals surface area contributed by atoms with Crippen molar-refractivity contribution in [1.29, 1.82) is 0 Å². The topological polar surface area (TPSA) is 38.3 Å². The highest BCUT2D eigenvalue weighted by molar-refractivity contribution is 6.17. The van der Waals surface area contributed by atoms with Crippen LogP contribution in [0.5, 0.6) is 5.75 Å². The summed E-state index contributed by atoms with van der Waals surface area (Å²) in [6.45, 7) is 4.34. The minimum absolute atomic E-state index is 0.0636. The molecule has 2 aromatic carbocycles. The van der Waals surface area contributed by atoms with Crippen LogP contribution in [0.1, 0.15) is 15.9 Å². The lowest BCUT2D eigenvalue weighted by molar-refractivity contribution is 0.103. The maximum atomic E-state index is 13.0. The van der Waals surface area contributed by atoms with Crippen molar-refractivity contribution in [2.45, 2.75) is 0 Å². The van der Waals surface area contributed by atoms with E-state index in [0.29, 0.717) is 29.1 Å². The molecule has 0 unspecified atom stereocenters. The van der Waals surface area contributed by atoms with Gasteiger partial charge in [0, 0.05) is 7.05 Å². The number of rotatable bonds is 2. The lowest BCUT2D eigenvalue weighted by Gasteiger charge is -2.14. The van der Waals surface area contributed by atoms with Gasteiger partial charge in [0.1, 0.15) is 12.4 Å². The van der Waals surface area contributed by atoms with E-state index in [1.54, 1.807) is 6.07 Å². The van der Waals surface area contributed by atoms with Crippen molar-refractivity contribution >= 4 is 11.5 Å². The summed E-state index contributed by atoms with van der Waals surface area (Å²) in [5.74, 6) is 0.540. The van der Waals surface area contributed by atoms with Gasteiger partial charge in [-0.05, 0) is 23.3 Å². The normalized spacial score (nSPS) is 16.4. The minimum Gasteiger partial charge on any atom is -0.488 e. The molecule has 3 nitrogen and oxygen atoms in total. The number of ketones is 1. The number of Topliss-reactive ketones (excluding diaryl/α,β-unsaturated/α-hetero) is 1. The molecule has 1 N–H and O–H groups in total. The van der Waals surface area contributed by atoms with Crippen LogP contribution in [0.2, 0.25) is 0 Å². The highest BCUT2D eigenvalue weighted by atomic mass is 16.5. The summed E-state index contributed by atoms with van der Waals surface area (Å²) in [6, 6.07) is 17.1. The Kier molecular flexibility index (Phi) is 3.79. The Morgan fingerprint density at radius 1 is 1.09 bits per heavy atom. The highest BCUT2D eigenvalue weighted by Gasteiger charge is 2.26. The lowest BCUT2D eigenvalue weighted by atomic mass is 9.94. The second-order valence-corrected chi connectivity index (χ2v) is 5.08. The third kappa shape index (κ3) is 2.42. The van der Waals surface area contributed by atoms with Crippen molar-refractivity contribution in [3.05, 3.63) is 83.4 Å². The third-order valence-corrected chi connectivity index (χ3v) is 3.68. The molecule has 0 saturated carbocycles. The predicted molar refractivity (Wildman–Crippen MR) is 87.8 cm³/mol. The van der Waals surface area contributed by atoms with E-state index in [1.807, 2.05) is 55.6 Å². The van der Waals surface area contributed by atoms with Crippen LogP contribution in [-0.4, -0.2) is 19.4 Å². The first-order valence-electron chi connectivity index (χ1n) is 7.14. The van der Waals surface area contributed by atoms with E-state index in [-0.39, 0.29) is 5.78 Å². The number of nitrogens with one attached hydrogen (secondary N) is 1. The molecule has 2 aromatic rings. The average molecular weight is 291 g/mol. The molecule has 110 valence electrons. The molecule has 1 aliphatic heterocycles. The molecule has 0 aliphatic carbocycles. The number of ether oxygens (including phenoxy) is 1. The summed E-state index contributed by atoms with van der Waals surface area (Å²) in [7, 11) is 1.81. The van der Waals surface area contributed by atoms with E-state index in [4.69, 9.17) is 4.74 Å². The fourth-order valence-electron chi connectivity index (χ4n) is 2.62. The average Bonchev–Trinajstić information content (AvgIpc) is 2.69. The Labute approximate surface area is 129 Å². The van der Waals surface area contributed by atoms with Crippen LogP contribution < -0.4 is 10.1 Å². The second-order valence-electron chi connectivity index (χ2n) is 5.08. The maximum absolute atomic E-state index is 13.0. The smallest absolute Gasteiger partial charge is 0.199 e. The van der Waals surface area contributed by atoms with Gasteiger partial charge >= 0.3 is 0 Å². The van der Waals surface area contributed by atoms with Crippen LogP contribution in [0.4, 0.5) is 0 Å². The standard InChI is InChI=1S/C19H17NO2/c1-13-12-22-16-11-7-6-10-15(16)19(21)17(13)18(20-2)14-8-4-3-5-9-14/h3-11,20H,1,12H2,2H3/b18-17-. The van der Waals surface area contributed by atoms with Crippen LogP contribution in [0.25, 0.3) is 5.70 Å². The molecule has 0 amide bonds. The minimum atomic E-state index is -0.0636. The van der Waals surface area contributed by atoms with Gasteiger partial charge in [-0.1, -0.05) is 49.0 Å². The molecule has 0 radical (unpaired) electrons. The fourth-order valence-corrected chi connectivity index (χ4v) is 2.62. The van der Waals surface area contributed by atoms with E-state index in [9.17, 15) is 4.79 Å². The number of carbonyl (C=O) groups excluding carboxylic acids is 1. The lowest BCUT2D eigenvalue weighted by Crippen LogP contribution is -2.15. The fraction of sp³-hybridized carbons (Fsp3) is 0.105. The number of para-hydroxylation sites is 1. The molecule has 0 fully saturated rings. The number of carbonyl (C=O) groups is 1. The van der Waals surface area contributed by atoms with Crippen molar-refractivity contribution < 1.29 is 9.53 Å². The maximum Gasteiger partial charge on any atom is 0.199 e. The molecule has 0 saturated heterocycles. The molecule has 0 bridgehead atoms. The molecule has 1 heterocycles. The molecule has 22 heavy (non-hydrogen) atoms. The summed E-state index contributed by atoms with van der Waals surface area (Å²) >= 11 is 0. The van der Waals surface area contributed by atoms with Gasteiger partial charge in [0.05, 0.1) is 16.8 Å². The zero-order chi connectivity index (χ0) is 15.5. The van der Waals surface area contributed by atoms with Crippen LogP contribution in [0.15, 0.2) is 72.3 Å². The van der Waals surface area contributed by atoms with Crippen LogP contribution in [-0.2, 0) is 0 Å². The molecule has 3 heteroatoms. The summed E-state index contributed by atoms with van der Waals surface area (Å²) in [5, 5.41) is 3.15. The van der Waals surface area contributed by atoms with Crippen molar-refractivity contribution in [2.24, 2.45) is 0 Å². The van der Waals surface area contributed by atoms with E-state index in [0.717, 1.165) is 11.3 Å². The summed E-state index contributed by atoms with van der Waals surface area (Å²) in [5.41, 5.74) is 3.55. The van der Waals surface area contributed by atoms with Crippen LogP contribution >= 0.6 is 0 Å².